The molecule has 0 heterocycles. The predicted octanol–water partition coefficient (Wildman–Crippen LogP) is 6.00. The molecule has 0 N–H and O–H groups in total. The largest absolute Gasteiger partial charge is 0.299 e. The van der Waals surface area contributed by atoms with Gasteiger partial charge in [0, 0.05) is 6.54 Å². The van der Waals surface area contributed by atoms with Gasteiger partial charge in [-0.2, -0.15) is 0 Å². The summed E-state index contributed by atoms with van der Waals surface area (Å²) in [6.07, 6.45) is 2.47. The van der Waals surface area contributed by atoms with E-state index in [1.807, 2.05) is 0 Å². The molecule has 120 valence electrons. The van der Waals surface area contributed by atoms with Crippen molar-refractivity contribution in [2.24, 2.45) is 0 Å². The number of rotatable bonds is 6. The highest BCUT2D eigenvalue weighted by Crippen LogP contribution is 2.19. The third-order valence-corrected chi connectivity index (χ3v) is 3.45. The Morgan fingerprint density at radius 1 is 0.727 bits per heavy atom. The van der Waals surface area contributed by atoms with Gasteiger partial charge in [0.1, 0.15) is 0 Å². The maximum absolute atomic E-state index is 2.48. The zero-order chi connectivity index (χ0) is 16.2. The summed E-state index contributed by atoms with van der Waals surface area (Å²) < 4.78 is 0. The highest BCUT2D eigenvalue weighted by Gasteiger charge is 2.03. The maximum Gasteiger partial charge on any atom is 0.0233 e. The average molecular weight is 297 g/mol. The number of benzene rings is 2. The van der Waals surface area contributed by atoms with Crippen molar-refractivity contribution in [3.63, 3.8) is 0 Å². The summed E-state index contributed by atoms with van der Waals surface area (Å²) in [4.78, 5) is 2.48. The van der Waals surface area contributed by atoms with Crippen LogP contribution in [-0.4, -0.2) is 18.0 Å². The van der Waals surface area contributed by atoms with Gasteiger partial charge in [0.05, 0.1) is 0 Å². The van der Waals surface area contributed by atoms with Gasteiger partial charge in [-0.3, -0.25) is 4.90 Å². The van der Waals surface area contributed by atoms with Crippen molar-refractivity contribution in [3.8, 4) is 11.1 Å². The van der Waals surface area contributed by atoms with E-state index in [1.165, 1.54) is 36.1 Å². The van der Waals surface area contributed by atoms with E-state index in [-0.39, 0.29) is 0 Å². The second-order valence-electron chi connectivity index (χ2n) is 5.64. The zero-order valence-corrected chi connectivity index (χ0v) is 14.7. The highest BCUT2D eigenvalue weighted by atomic mass is 15.1. The molecule has 1 heteroatoms. The molecule has 0 bridgehead atoms. The van der Waals surface area contributed by atoms with Crippen LogP contribution in [0.3, 0.4) is 0 Å². The molecular formula is C21H31N. The van der Waals surface area contributed by atoms with E-state index < -0.39 is 0 Å². The Labute approximate surface area is 137 Å². The minimum atomic E-state index is 1.05. The van der Waals surface area contributed by atoms with Gasteiger partial charge in [0.2, 0.25) is 0 Å². The summed E-state index contributed by atoms with van der Waals surface area (Å²) in [5, 5.41) is 0. The van der Waals surface area contributed by atoms with Crippen LogP contribution in [0.2, 0.25) is 0 Å². The third kappa shape index (κ3) is 6.44. The van der Waals surface area contributed by atoms with Gasteiger partial charge in [0.15, 0.2) is 0 Å². The molecule has 0 aromatic heterocycles. The van der Waals surface area contributed by atoms with E-state index in [0.29, 0.717) is 0 Å². The molecule has 0 aliphatic rings. The molecule has 1 nitrogen and oxygen atoms in total. The summed E-state index contributed by atoms with van der Waals surface area (Å²) in [5.41, 5.74) is 3.98. The third-order valence-electron chi connectivity index (χ3n) is 3.45. The van der Waals surface area contributed by atoms with E-state index >= 15 is 0 Å². The summed E-state index contributed by atoms with van der Waals surface area (Å²) >= 11 is 0. The van der Waals surface area contributed by atoms with Crippen LogP contribution in [0.25, 0.3) is 11.1 Å². The molecule has 0 amide bonds. The Bertz CT molecular complexity index is 487. The van der Waals surface area contributed by atoms with Gasteiger partial charge in [-0.1, -0.05) is 88.7 Å². The van der Waals surface area contributed by atoms with Crippen molar-refractivity contribution < 1.29 is 0 Å². The molecule has 0 spiro atoms. The molecule has 22 heavy (non-hydrogen) atoms. The molecule has 0 atom stereocenters. The van der Waals surface area contributed by atoms with E-state index in [4.69, 9.17) is 0 Å². The van der Waals surface area contributed by atoms with E-state index in [1.54, 1.807) is 0 Å². The monoisotopic (exact) mass is 297 g/mol. The van der Waals surface area contributed by atoms with Crippen molar-refractivity contribution in [3.05, 3.63) is 60.2 Å². The molecular weight excluding hydrogens is 266 g/mol. The van der Waals surface area contributed by atoms with Gasteiger partial charge in [0.25, 0.3) is 0 Å². The lowest BCUT2D eigenvalue weighted by Crippen LogP contribution is -2.23. The Balaban J connectivity index is 0.000000745. The lowest BCUT2D eigenvalue weighted by molar-refractivity contribution is 0.280. The second-order valence-corrected chi connectivity index (χ2v) is 5.64. The van der Waals surface area contributed by atoms with Crippen LogP contribution in [0.5, 0.6) is 0 Å². The summed E-state index contributed by atoms with van der Waals surface area (Å²) in [6.45, 7) is 12.1. The van der Waals surface area contributed by atoms with E-state index in [9.17, 15) is 0 Å². The Morgan fingerprint density at radius 2 is 1.27 bits per heavy atom. The first kappa shape index (κ1) is 18.4. The molecule has 0 radical (unpaired) electrons. The topological polar surface area (TPSA) is 3.24 Å². The van der Waals surface area contributed by atoms with Gasteiger partial charge in [-0.25, -0.2) is 0 Å². The average Bonchev–Trinajstić information content (AvgIpc) is 2.56. The molecule has 0 aliphatic heterocycles. The summed E-state index contributed by atoms with van der Waals surface area (Å²) in [7, 11) is 0. The van der Waals surface area contributed by atoms with Gasteiger partial charge in [-0.15, -0.1) is 0 Å². The smallest absolute Gasteiger partial charge is 0.0233 e. The van der Waals surface area contributed by atoms with Gasteiger partial charge in [-0.05, 0) is 36.2 Å². The van der Waals surface area contributed by atoms with Crippen LogP contribution in [0.15, 0.2) is 54.6 Å². The lowest BCUT2D eigenvalue weighted by Gasteiger charge is -2.19. The fraction of sp³-hybridized carbons (Fsp3) is 0.429. The Hall–Kier alpha value is -1.60. The first-order valence-corrected chi connectivity index (χ1v) is 8.61. The summed E-state index contributed by atoms with van der Waals surface area (Å²) in [6, 6.07) is 19.5. The molecule has 0 aliphatic carbocycles. The highest BCUT2D eigenvalue weighted by molar-refractivity contribution is 5.63. The number of hydrogen-bond donors (Lipinski definition) is 0. The minimum Gasteiger partial charge on any atom is -0.299 e. The van der Waals surface area contributed by atoms with Crippen LogP contribution in [-0.2, 0) is 6.54 Å². The molecule has 2 aromatic carbocycles. The molecule has 0 saturated heterocycles. The van der Waals surface area contributed by atoms with Crippen molar-refractivity contribution >= 4 is 0 Å². The minimum absolute atomic E-state index is 1.05. The molecule has 2 rings (SSSR count). The van der Waals surface area contributed by atoms with Crippen LogP contribution >= 0.6 is 0 Å². The van der Waals surface area contributed by atoms with Crippen LogP contribution in [0.4, 0.5) is 0 Å². The first-order chi connectivity index (χ1) is 10.7. The van der Waals surface area contributed by atoms with Crippen LogP contribution < -0.4 is 0 Å². The molecule has 0 unspecified atom stereocenters. The zero-order valence-electron chi connectivity index (χ0n) is 14.7. The maximum atomic E-state index is 2.48. The van der Waals surface area contributed by atoms with Crippen molar-refractivity contribution in [1.29, 1.82) is 0 Å². The first-order valence-electron chi connectivity index (χ1n) is 8.61. The number of hydrogen-bond acceptors (Lipinski definition) is 1. The fourth-order valence-corrected chi connectivity index (χ4v) is 2.36. The van der Waals surface area contributed by atoms with Crippen LogP contribution in [0, 0.1) is 0 Å². The molecule has 2 aromatic rings. The van der Waals surface area contributed by atoms with Crippen LogP contribution in [0.1, 0.15) is 46.1 Å². The molecule has 0 saturated carbocycles. The van der Waals surface area contributed by atoms with Crippen molar-refractivity contribution in [2.75, 3.05) is 13.1 Å². The quantitative estimate of drug-likeness (QED) is 0.632. The van der Waals surface area contributed by atoms with Gasteiger partial charge < -0.3 is 0 Å². The SMILES string of the molecule is CCC.CCCN(CC)Cc1ccc(-c2ccccc2)cc1. The van der Waals surface area contributed by atoms with E-state index in [0.717, 1.165) is 13.1 Å². The van der Waals surface area contributed by atoms with E-state index in [2.05, 4.69) is 87.2 Å². The van der Waals surface area contributed by atoms with Crippen molar-refractivity contribution in [1.82, 2.24) is 4.90 Å². The normalized spacial score (nSPS) is 10.2. The Kier molecular flexibility index (Phi) is 9.25. The Morgan fingerprint density at radius 3 is 1.77 bits per heavy atom. The molecule has 0 fully saturated rings. The fourth-order valence-electron chi connectivity index (χ4n) is 2.36. The van der Waals surface area contributed by atoms with Crippen molar-refractivity contribution in [2.45, 2.75) is 47.1 Å². The summed E-state index contributed by atoms with van der Waals surface area (Å²) in [5.74, 6) is 0. The predicted molar refractivity (Wildman–Crippen MR) is 99.1 cm³/mol. The van der Waals surface area contributed by atoms with Gasteiger partial charge >= 0.3 is 0 Å². The lowest BCUT2D eigenvalue weighted by atomic mass is 10.0. The number of nitrogens with zero attached hydrogens (tertiary/aromatic N) is 1. The second kappa shape index (κ2) is 11.0. The standard InChI is InChI=1S/C18H23N.C3H8/c1-3-14-19(4-2)15-16-10-12-18(13-11-16)17-8-6-5-7-9-17;1-3-2/h5-13H,3-4,14-15H2,1-2H3;3H2,1-2H3.